The smallest absolute Gasteiger partial charge is 0.310 e. The largest absolute Gasteiger partial charge is 0.466 e. The summed E-state index contributed by atoms with van der Waals surface area (Å²) in [5.74, 6) is -1.44. The Morgan fingerprint density at radius 1 is 1.36 bits per heavy atom. The van der Waals surface area contributed by atoms with Crippen LogP contribution in [0.1, 0.15) is 46.5 Å². The summed E-state index contributed by atoms with van der Waals surface area (Å²) < 4.78 is 4.70. The minimum absolute atomic E-state index is 0.0222. The molecule has 3 aliphatic heterocycles. The number of aliphatic hydroxyl groups excluding tert-OH is 1. The fourth-order valence-electron chi connectivity index (χ4n) is 5.29. The first-order chi connectivity index (χ1) is 13.4. The number of thioether (sulfide) groups is 1. The van der Waals surface area contributed by atoms with E-state index in [1.54, 1.807) is 23.6 Å². The molecule has 1 spiro atoms. The molecule has 3 aliphatic rings. The SMILES string of the molecule is CCCCNC(=O)C1N(CCCO)C(=O)[C@@H]2[C@H](C(=O)OCC)[C@@H]3CC(C)C12S3. The lowest BCUT2D eigenvalue weighted by Gasteiger charge is -2.38. The molecule has 2 bridgehead atoms. The summed E-state index contributed by atoms with van der Waals surface area (Å²) in [5.41, 5.74) is 0. The summed E-state index contributed by atoms with van der Waals surface area (Å²) >= 11 is 1.65. The van der Waals surface area contributed by atoms with Crippen molar-refractivity contribution in [2.24, 2.45) is 17.8 Å². The normalized spacial score (nSPS) is 35.9. The monoisotopic (exact) mass is 412 g/mol. The zero-order valence-corrected chi connectivity index (χ0v) is 17.8. The zero-order valence-electron chi connectivity index (χ0n) is 17.0. The van der Waals surface area contributed by atoms with Gasteiger partial charge in [-0.2, -0.15) is 0 Å². The minimum atomic E-state index is -0.599. The Kier molecular flexibility index (Phi) is 6.59. The number of hydrogen-bond acceptors (Lipinski definition) is 6. The van der Waals surface area contributed by atoms with E-state index in [0.29, 0.717) is 19.5 Å². The molecule has 0 aromatic heterocycles. The van der Waals surface area contributed by atoms with E-state index >= 15 is 0 Å². The molecule has 0 aromatic rings. The van der Waals surface area contributed by atoms with Crippen molar-refractivity contribution in [3.05, 3.63) is 0 Å². The summed E-state index contributed by atoms with van der Waals surface area (Å²) in [6, 6.07) is -0.599. The Morgan fingerprint density at radius 2 is 2.11 bits per heavy atom. The molecule has 3 fully saturated rings. The highest BCUT2D eigenvalue weighted by Gasteiger charge is 2.76. The van der Waals surface area contributed by atoms with Crippen LogP contribution in [0.25, 0.3) is 0 Å². The molecule has 7 nitrogen and oxygen atoms in total. The second kappa shape index (κ2) is 8.61. The summed E-state index contributed by atoms with van der Waals surface area (Å²) in [6.07, 6.45) is 3.09. The van der Waals surface area contributed by atoms with Gasteiger partial charge < -0.3 is 20.1 Å². The lowest BCUT2D eigenvalue weighted by molar-refractivity contribution is -0.154. The maximum Gasteiger partial charge on any atom is 0.310 e. The summed E-state index contributed by atoms with van der Waals surface area (Å²) in [4.78, 5) is 41.0. The van der Waals surface area contributed by atoms with E-state index in [0.717, 1.165) is 19.3 Å². The van der Waals surface area contributed by atoms with E-state index < -0.39 is 22.6 Å². The molecule has 8 heteroatoms. The van der Waals surface area contributed by atoms with Gasteiger partial charge in [0.2, 0.25) is 11.8 Å². The molecule has 2 amide bonds. The molecule has 0 aromatic carbocycles. The topological polar surface area (TPSA) is 95.9 Å². The molecule has 6 atom stereocenters. The Morgan fingerprint density at radius 3 is 2.75 bits per heavy atom. The number of carbonyl (C=O) groups excluding carboxylic acids is 3. The average molecular weight is 413 g/mol. The third-order valence-corrected chi connectivity index (χ3v) is 8.52. The van der Waals surface area contributed by atoms with Crippen molar-refractivity contribution in [2.75, 3.05) is 26.3 Å². The summed E-state index contributed by atoms with van der Waals surface area (Å²) in [5, 5.41) is 12.3. The van der Waals surface area contributed by atoms with E-state index in [1.807, 2.05) is 0 Å². The average Bonchev–Trinajstić information content (AvgIpc) is 3.24. The van der Waals surface area contributed by atoms with Gasteiger partial charge in [-0.25, -0.2) is 0 Å². The van der Waals surface area contributed by atoms with Gasteiger partial charge in [0.1, 0.15) is 6.04 Å². The predicted octanol–water partition coefficient (Wildman–Crippen LogP) is 1.19. The van der Waals surface area contributed by atoms with Crippen LogP contribution in [0.4, 0.5) is 0 Å². The number of fused-ring (bicyclic) bond motifs is 1. The lowest BCUT2D eigenvalue weighted by atomic mass is 9.66. The number of rotatable bonds is 9. The maximum absolute atomic E-state index is 13.4. The highest BCUT2D eigenvalue weighted by molar-refractivity contribution is 8.02. The lowest BCUT2D eigenvalue weighted by Crippen LogP contribution is -2.56. The number of hydrogen-bond donors (Lipinski definition) is 2. The molecular weight excluding hydrogens is 380 g/mol. The van der Waals surface area contributed by atoms with Crippen molar-refractivity contribution >= 4 is 29.5 Å². The number of likely N-dealkylation sites (tertiary alicyclic amines) is 1. The molecule has 2 N–H and O–H groups in total. The standard InChI is InChI=1S/C20H32N2O5S/c1-4-6-8-21-17(24)16-20-12(3)11-13(28-20)14(19(26)27-5-2)15(20)18(25)22(16)9-7-10-23/h12-16,23H,4-11H2,1-3H3,(H,21,24)/t12?,13-,14+,15-,16?,20?/m0/s1. The molecule has 3 unspecified atom stereocenters. The number of unbranched alkanes of at least 4 members (excludes halogenated alkanes) is 1. The third-order valence-electron chi connectivity index (χ3n) is 6.44. The van der Waals surface area contributed by atoms with E-state index in [2.05, 4.69) is 19.2 Å². The number of carbonyl (C=O) groups is 3. The Hall–Kier alpha value is -1.28. The molecule has 0 aliphatic carbocycles. The fourth-order valence-corrected chi connectivity index (χ4v) is 7.70. The van der Waals surface area contributed by atoms with E-state index in [4.69, 9.17) is 4.74 Å². The van der Waals surface area contributed by atoms with Crippen molar-refractivity contribution in [1.82, 2.24) is 10.2 Å². The van der Waals surface area contributed by atoms with Gasteiger partial charge in [0.05, 0.1) is 23.2 Å². The fraction of sp³-hybridized carbons (Fsp3) is 0.850. The number of aliphatic hydroxyl groups is 1. The molecule has 158 valence electrons. The Bertz CT molecular complexity index is 630. The molecular formula is C20H32N2O5S. The summed E-state index contributed by atoms with van der Waals surface area (Å²) in [7, 11) is 0. The third kappa shape index (κ3) is 3.22. The molecule has 3 heterocycles. The quantitative estimate of drug-likeness (QED) is 0.436. The van der Waals surface area contributed by atoms with Crippen molar-refractivity contribution < 1.29 is 24.2 Å². The highest BCUT2D eigenvalue weighted by Crippen LogP contribution is 2.68. The first-order valence-corrected chi connectivity index (χ1v) is 11.3. The Labute approximate surface area is 170 Å². The van der Waals surface area contributed by atoms with Crippen LogP contribution in [-0.2, 0) is 19.1 Å². The van der Waals surface area contributed by atoms with Crippen LogP contribution in [-0.4, -0.2) is 70.1 Å². The predicted molar refractivity (Wildman–Crippen MR) is 107 cm³/mol. The van der Waals surface area contributed by atoms with E-state index in [1.165, 1.54) is 0 Å². The van der Waals surface area contributed by atoms with Gasteiger partial charge >= 0.3 is 5.97 Å². The van der Waals surface area contributed by atoms with Crippen LogP contribution in [0.5, 0.6) is 0 Å². The second-order valence-corrected chi connectivity index (χ2v) is 9.61. The number of nitrogens with zero attached hydrogens (tertiary/aromatic N) is 1. The molecule has 0 radical (unpaired) electrons. The van der Waals surface area contributed by atoms with Gasteiger partial charge in [-0.3, -0.25) is 14.4 Å². The highest BCUT2D eigenvalue weighted by atomic mass is 32.2. The van der Waals surface area contributed by atoms with Gasteiger partial charge in [-0.1, -0.05) is 20.3 Å². The van der Waals surface area contributed by atoms with Crippen LogP contribution >= 0.6 is 11.8 Å². The molecule has 28 heavy (non-hydrogen) atoms. The van der Waals surface area contributed by atoms with Crippen molar-refractivity contribution in [3.63, 3.8) is 0 Å². The summed E-state index contributed by atoms with van der Waals surface area (Å²) in [6.45, 7) is 7.07. The van der Waals surface area contributed by atoms with Crippen molar-refractivity contribution in [2.45, 2.75) is 62.5 Å². The van der Waals surface area contributed by atoms with Crippen LogP contribution in [0.3, 0.4) is 0 Å². The van der Waals surface area contributed by atoms with Crippen LogP contribution in [0, 0.1) is 17.8 Å². The molecule has 3 rings (SSSR count). The Balaban J connectivity index is 1.95. The first-order valence-electron chi connectivity index (χ1n) is 10.5. The zero-order chi connectivity index (χ0) is 20.5. The number of nitrogens with one attached hydrogen (secondary N) is 1. The van der Waals surface area contributed by atoms with Gasteiger partial charge in [0, 0.05) is 24.9 Å². The molecule has 3 saturated heterocycles. The van der Waals surface area contributed by atoms with Gasteiger partial charge in [-0.05, 0) is 32.1 Å². The van der Waals surface area contributed by atoms with Gasteiger partial charge in [0.15, 0.2) is 0 Å². The van der Waals surface area contributed by atoms with Crippen LogP contribution in [0.2, 0.25) is 0 Å². The maximum atomic E-state index is 13.4. The van der Waals surface area contributed by atoms with E-state index in [9.17, 15) is 19.5 Å². The number of amides is 2. The molecule has 0 saturated carbocycles. The van der Waals surface area contributed by atoms with Crippen molar-refractivity contribution in [1.29, 1.82) is 0 Å². The van der Waals surface area contributed by atoms with Crippen LogP contribution in [0.15, 0.2) is 0 Å². The second-order valence-electron chi connectivity index (χ2n) is 8.06. The van der Waals surface area contributed by atoms with Gasteiger partial charge in [-0.15, -0.1) is 11.8 Å². The number of esters is 1. The van der Waals surface area contributed by atoms with Crippen LogP contribution < -0.4 is 5.32 Å². The van der Waals surface area contributed by atoms with E-state index in [-0.39, 0.29) is 42.2 Å². The van der Waals surface area contributed by atoms with Crippen molar-refractivity contribution in [3.8, 4) is 0 Å². The minimum Gasteiger partial charge on any atom is -0.466 e. The number of ether oxygens (including phenoxy) is 1. The first kappa shape index (κ1) is 21.4. The van der Waals surface area contributed by atoms with Gasteiger partial charge in [0.25, 0.3) is 0 Å².